The molecule has 0 aliphatic heterocycles. The molecule has 4 nitrogen and oxygen atoms in total. The number of aromatic carboxylic acids is 1. The van der Waals surface area contributed by atoms with E-state index in [-0.39, 0.29) is 46.1 Å². The Morgan fingerprint density at radius 1 is 1.08 bits per heavy atom. The van der Waals surface area contributed by atoms with E-state index in [0.29, 0.717) is 0 Å². The zero-order chi connectivity index (χ0) is 6.69. The van der Waals surface area contributed by atoms with E-state index < -0.39 is 5.97 Å². The largest absolute Gasteiger partial charge is 1.00 e. The van der Waals surface area contributed by atoms with Gasteiger partial charge in [-0.25, -0.2) is 0 Å². The predicted molar refractivity (Wildman–Crippen MR) is 38.0 cm³/mol. The van der Waals surface area contributed by atoms with Crippen molar-refractivity contribution in [3.05, 3.63) is 35.9 Å². The van der Waals surface area contributed by atoms with Gasteiger partial charge in [0.2, 0.25) is 0 Å². The van der Waals surface area contributed by atoms with Gasteiger partial charge in [-0.3, -0.25) is 0 Å². The fourth-order valence-corrected chi connectivity index (χ4v) is 0.574. The summed E-state index contributed by atoms with van der Waals surface area (Å²) in [7, 11) is 0. The maximum Gasteiger partial charge on any atom is 1.00 e. The second kappa shape index (κ2) is 8.70. The maximum atomic E-state index is 10.1. The summed E-state index contributed by atoms with van der Waals surface area (Å²) < 4.78 is 0. The van der Waals surface area contributed by atoms with Gasteiger partial charge in [0.15, 0.2) is 0 Å². The Labute approximate surface area is 92.1 Å². The third-order valence-electron chi connectivity index (χ3n) is 1.01. The molecule has 0 saturated heterocycles. The monoisotopic (exact) mass is 180 g/mol. The van der Waals surface area contributed by atoms with Gasteiger partial charge in [-0.2, -0.15) is 0 Å². The number of benzene rings is 1. The summed E-state index contributed by atoms with van der Waals surface area (Å²) in [6.07, 6.45) is 0. The van der Waals surface area contributed by atoms with E-state index in [4.69, 9.17) is 0 Å². The number of rotatable bonds is 1. The third-order valence-corrected chi connectivity index (χ3v) is 1.01. The number of carbonyl (C=O) groups is 1. The molecule has 0 aliphatic carbocycles. The van der Waals surface area contributed by atoms with Crippen LogP contribution < -0.4 is 34.7 Å². The SMILES string of the molecule is O.O.O=C([O-])c1ccccc1.[Na+]. The maximum absolute atomic E-state index is 10.1. The molecule has 0 unspecified atom stereocenters. The number of carboxylic acid groups (broad SMARTS) is 1. The molecule has 1 aromatic rings. The van der Waals surface area contributed by atoms with Crippen LogP contribution in [-0.2, 0) is 0 Å². The summed E-state index contributed by atoms with van der Waals surface area (Å²) >= 11 is 0. The fourth-order valence-electron chi connectivity index (χ4n) is 0.574. The van der Waals surface area contributed by atoms with E-state index >= 15 is 0 Å². The van der Waals surface area contributed by atoms with E-state index in [1.54, 1.807) is 18.2 Å². The quantitative estimate of drug-likeness (QED) is 0.406. The zero-order valence-corrected chi connectivity index (χ0v) is 8.70. The summed E-state index contributed by atoms with van der Waals surface area (Å²) in [5.41, 5.74) is 0.220. The molecule has 12 heavy (non-hydrogen) atoms. The van der Waals surface area contributed by atoms with Crippen LogP contribution in [0.5, 0.6) is 0 Å². The normalized spacial score (nSPS) is 6.67. The fraction of sp³-hybridized carbons (Fsp3) is 0. The Morgan fingerprint density at radius 3 is 1.75 bits per heavy atom. The van der Waals surface area contributed by atoms with Crippen LogP contribution in [-0.4, -0.2) is 16.9 Å². The predicted octanol–water partition coefficient (Wildman–Crippen LogP) is -4.60. The minimum atomic E-state index is -1.13. The van der Waals surface area contributed by atoms with Crippen molar-refractivity contribution in [3.8, 4) is 0 Å². The number of carbonyl (C=O) groups excluding carboxylic acids is 1. The molecule has 5 heteroatoms. The summed E-state index contributed by atoms with van der Waals surface area (Å²) in [5, 5.41) is 10.1. The number of carboxylic acids is 1. The van der Waals surface area contributed by atoms with Crippen molar-refractivity contribution in [1.29, 1.82) is 0 Å². The van der Waals surface area contributed by atoms with E-state index in [0.717, 1.165) is 0 Å². The van der Waals surface area contributed by atoms with E-state index in [9.17, 15) is 9.90 Å². The average Bonchev–Trinajstić information content (AvgIpc) is 1.90. The number of hydrogen-bond donors (Lipinski definition) is 0. The van der Waals surface area contributed by atoms with Crippen molar-refractivity contribution in [2.24, 2.45) is 0 Å². The molecule has 0 spiro atoms. The summed E-state index contributed by atoms with van der Waals surface area (Å²) in [4.78, 5) is 10.1. The minimum Gasteiger partial charge on any atom is -0.545 e. The van der Waals surface area contributed by atoms with Gasteiger partial charge in [0, 0.05) is 0 Å². The van der Waals surface area contributed by atoms with Crippen LogP contribution in [0.25, 0.3) is 0 Å². The standard InChI is InChI=1S/C7H6O2.Na.2H2O/c8-7(9)6-4-2-1-3-5-6;;;/h1-5H,(H,8,9);;2*1H2/q;+1;;/p-1. The van der Waals surface area contributed by atoms with Crippen molar-refractivity contribution < 1.29 is 50.4 Å². The Balaban J connectivity index is -0.000000270. The minimum absolute atomic E-state index is 0. The molecule has 0 fully saturated rings. The zero-order valence-electron chi connectivity index (χ0n) is 6.70. The Bertz CT molecular complexity index is 212. The first-order valence-electron chi connectivity index (χ1n) is 2.57. The molecule has 0 amide bonds. The number of hydrogen-bond acceptors (Lipinski definition) is 2. The second-order valence-electron chi connectivity index (χ2n) is 1.65. The molecule has 4 N–H and O–H groups in total. The van der Waals surface area contributed by atoms with Gasteiger partial charge in [-0.1, -0.05) is 30.3 Å². The van der Waals surface area contributed by atoms with Crippen molar-refractivity contribution in [1.82, 2.24) is 0 Å². The van der Waals surface area contributed by atoms with E-state index in [2.05, 4.69) is 0 Å². The van der Waals surface area contributed by atoms with Crippen LogP contribution in [0.3, 0.4) is 0 Å². The van der Waals surface area contributed by atoms with Gasteiger partial charge in [-0.05, 0) is 5.56 Å². The van der Waals surface area contributed by atoms with Crippen molar-refractivity contribution in [3.63, 3.8) is 0 Å². The van der Waals surface area contributed by atoms with Gasteiger partial charge in [0.1, 0.15) is 0 Å². The molecule has 62 valence electrons. The van der Waals surface area contributed by atoms with E-state index in [1.807, 2.05) is 0 Å². The Kier molecular flexibility index (Phi) is 12.8. The third kappa shape index (κ3) is 5.29. The van der Waals surface area contributed by atoms with Crippen molar-refractivity contribution in [2.45, 2.75) is 0 Å². The van der Waals surface area contributed by atoms with Crippen molar-refractivity contribution >= 4 is 5.97 Å². The molecule has 0 aliphatic rings. The van der Waals surface area contributed by atoms with Gasteiger partial charge >= 0.3 is 29.6 Å². The van der Waals surface area contributed by atoms with Gasteiger partial charge < -0.3 is 20.9 Å². The molecule has 0 radical (unpaired) electrons. The average molecular weight is 180 g/mol. The van der Waals surface area contributed by atoms with Crippen molar-refractivity contribution in [2.75, 3.05) is 0 Å². The summed E-state index contributed by atoms with van der Waals surface area (Å²) in [5.74, 6) is -1.13. The smallest absolute Gasteiger partial charge is 0.545 e. The van der Waals surface area contributed by atoms with Crippen LogP contribution >= 0.6 is 0 Å². The molecular formula is C7H9NaO4. The van der Waals surface area contributed by atoms with Crippen LogP contribution in [0.15, 0.2) is 30.3 Å². The van der Waals surface area contributed by atoms with Gasteiger partial charge in [-0.15, -0.1) is 0 Å². The molecule has 0 saturated carbocycles. The Morgan fingerprint density at radius 2 is 1.50 bits per heavy atom. The topological polar surface area (TPSA) is 103 Å². The van der Waals surface area contributed by atoms with Crippen LogP contribution in [0.1, 0.15) is 10.4 Å². The summed E-state index contributed by atoms with van der Waals surface area (Å²) in [6.45, 7) is 0. The molecule has 1 aromatic carbocycles. The first kappa shape index (κ1) is 17.6. The van der Waals surface area contributed by atoms with Crippen LogP contribution in [0.2, 0.25) is 0 Å². The molecule has 0 aromatic heterocycles. The first-order chi connectivity index (χ1) is 4.30. The molecular weight excluding hydrogens is 171 g/mol. The van der Waals surface area contributed by atoms with Crippen LogP contribution in [0.4, 0.5) is 0 Å². The van der Waals surface area contributed by atoms with Crippen LogP contribution in [0, 0.1) is 0 Å². The molecule has 0 heterocycles. The van der Waals surface area contributed by atoms with E-state index in [1.165, 1.54) is 12.1 Å². The molecule has 1 rings (SSSR count). The Hall–Kier alpha value is -0.390. The first-order valence-corrected chi connectivity index (χ1v) is 2.57. The summed E-state index contributed by atoms with van der Waals surface area (Å²) in [6, 6.07) is 8.06. The second-order valence-corrected chi connectivity index (χ2v) is 1.65. The van der Waals surface area contributed by atoms with Gasteiger partial charge in [0.25, 0.3) is 0 Å². The molecule has 0 bridgehead atoms. The van der Waals surface area contributed by atoms with Gasteiger partial charge in [0.05, 0.1) is 5.97 Å². The molecule has 0 atom stereocenters.